The van der Waals surface area contributed by atoms with E-state index in [4.69, 9.17) is 9.56 Å². The summed E-state index contributed by atoms with van der Waals surface area (Å²) in [5.41, 5.74) is 2.08. The van der Waals surface area contributed by atoms with Crippen LogP contribution in [-0.2, 0) is 14.8 Å². The van der Waals surface area contributed by atoms with E-state index in [1.807, 2.05) is 24.3 Å². The molecule has 0 spiro atoms. The highest BCUT2D eigenvalue weighted by molar-refractivity contribution is 7.89. The molecule has 2 heterocycles. The molecule has 1 amide bonds. The molecule has 128 valence electrons. The Kier molecular flexibility index (Phi) is 3.59. The number of sulfonamides is 1. The minimum Gasteiger partial charge on any atom is -0.440 e. The Morgan fingerprint density at radius 2 is 1.84 bits per heavy atom. The summed E-state index contributed by atoms with van der Waals surface area (Å²) >= 11 is 0. The van der Waals surface area contributed by atoms with Crippen LogP contribution in [-0.4, -0.2) is 25.9 Å². The van der Waals surface area contributed by atoms with Gasteiger partial charge >= 0.3 is 0 Å². The molecular weight excluding hydrogens is 342 g/mol. The Balaban J connectivity index is 1.59. The van der Waals surface area contributed by atoms with Gasteiger partial charge in [0.2, 0.25) is 21.8 Å². The average molecular weight is 357 g/mol. The number of oxazole rings is 1. The van der Waals surface area contributed by atoms with Crippen molar-refractivity contribution in [2.24, 2.45) is 5.14 Å². The van der Waals surface area contributed by atoms with E-state index in [0.29, 0.717) is 30.1 Å². The van der Waals surface area contributed by atoms with Gasteiger partial charge in [-0.2, -0.15) is 0 Å². The lowest BCUT2D eigenvalue weighted by Gasteiger charge is -2.16. The van der Waals surface area contributed by atoms with E-state index >= 15 is 0 Å². The van der Waals surface area contributed by atoms with Gasteiger partial charge in [-0.1, -0.05) is 12.1 Å². The van der Waals surface area contributed by atoms with E-state index in [1.165, 1.54) is 12.1 Å². The smallest absolute Gasteiger partial charge is 0.238 e. The Morgan fingerprint density at radius 3 is 2.52 bits per heavy atom. The number of nitrogens with two attached hydrogens (primary N) is 1. The normalized spacial score (nSPS) is 18.2. The maximum absolute atomic E-state index is 12.4. The van der Waals surface area contributed by atoms with Crippen LogP contribution in [0.2, 0.25) is 0 Å². The van der Waals surface area contributed by atoms with Crippen molar-refractivity contribution in [3.8, 4) is 0 Å². The summed E-state index contributed by atoms with van der Waals surface area (Å²) < 4.78 is 28.4. The maximum Gasteiger partial charge on any atom is 0.238 e. The van der Waals surface area contributed by atoms with E-state index < -0.39 is 10.0 Å². The summed E-state index contributed by atoms with van der Waals surface area (Å²) in [4.78, 5) is 18.4. The molecule has 3 aromatic rings. The third kappa shape index (κ3) is 2.90. The molecule has 0 radical (unpaired) electrons. The largest absolute Gasteiger partial charge is 0.440 e. The zero-order valence-corrected chi connectivity index (χ0v) is 13.9. The molecule has 0 saturated carbocycles. The number of rotatable bonds is 3. The minimum atomic E-state index is -3.75. The van der Waals surface area contributed by atoms with Crippen molar-refractivity contribution in [3.63, 3.8) is 0 Å². The van der Waals surface area contributed by atoms with Gasteiger partial charge in [0, 0.05) is 18.7 Å². The third-order valence-corrected chi connectivity index (χ3v) is 5.19. The van der Waals surface area contributed by atoms with E-state index in [1.54, 1.807) is 17.0 Å². The number of fused-ring (bicyclic) bond motifs is 1. The van der Waals surface area contributed by atoms with Crippen molar-refractivity contribution < 1.29 is 17.6 Å². The van der Waals surface area contributed by atoms with Gasteiger partial charge in [-0.15, -0.1) is 0 Å². The van der Waals surface area contributed by atoms with E-state index in [-0.39, 0.29) is 16.7 Å². The van der Waals surface area contributed by atoms with Gasteiger partial charge in [0.25, 0.3) is 0 Å². The molecular formula is C17H15N3O4S. The number of amides is 1. The van der Waals surface area contributed by atoms with Crippen LogP contribution in [0.3, 0.4) is 0 Å². The fourth-order valence-electron chi connectivity index (χ4n) is 3.00. The Morgan fingerprint density at radius 1 is 1.12 bits per heavy atom. The van der Waals surface area contributed by atoms with Gasteiger partial charge in [-0.3, -0.25) is 4.79 Å². The van der Waals surface area contributed by atoms with Gasteiger partial charge in [0.05, 0.1) is 10.8 Å². The number of hydrogen-bond donors (Lipinski definition) is 1. The van der Waals surface area contributed by atoms with Crippen molar-refractivity contribution in [2.45, 2.75) is 17.2 Å². The number of carbonyl (C=O) groups excluding carboxylic acids is 1. The lowest BCUT2D eigenvalue weighted by molar-refractivity contribution is -0.117. The molecule has 1 atom stereocenters. The summed E-state index contributed by atoms with van der Waals surface area (Å²) in [6, 6.07) is 13.4. The van der Waals surface area contributed by atoms with Crippen LogP contribution in [0.25, 0.3) is 11.1 Å². The first-order valence-corrected chi connectivity index (χ1v) is 9.25. The topological polar surface area (TPSA) is 106 Å². The molecule has 8 heteroatoms. The number of anilines is 1. The van der Waals surface area contributed by atoms with Gasteiger partial charge < -0.3 is 9.32 Å². The quantitative estimate of drug-likeness (QED) is 0.771. The van der Waals surface area contributed by atoms with Crippen LogP contribution < -0.4 is 10.0 Å². The molecule has 0 bridgehead atoms. The van der Waals surface area contributed by atoms with Gasteiger partial charge in [0.15, 0.2) is 5.58 Å². The van der Waals surface area contributed by atoms with Crippen molar-refractivity contribution >= 4 is 32.7 Å². The monoisotopic (exact) mass is 357 g/mol. The standard InChI is InChI=1S/C17H15N3O4S/c18-25(22,23)13-7-5-12(6-8-13)20-10-11(9-16(20)21)17-19-14-3-1-2-4-15(14)24-17/h1-8,11H,9-10H2,(H2,18,22,23). The maximum atomic E-state index is 12.4. The summed E-state index contributed by atoms with van der Waals surface area (Å²) in [6.45, 7) is 0.431. The Bertz CT molecular complexity index is 1020. The minimum absolute atomic E-state index is 0.0124. The second kappa shape index (κ2) is 5.68. The number of para-hydroxylation sites is 2. The van der Waals surface area contributed by atoms with Gasteiger partial charge in [-0.05, 0) is 36.4 Å². The molecule has 2 N–H and O–H groups in total. The lowest BCUT2D eigenvalue weighted by Crippen LogP contribution is -2.24. The van der Waals surface area contributed by atoms with Crippen LogP contribution in [0.5, 0.6) is 0 Å². The van der Waals surface area contributed by atoms with Gasteiger partial charge in [0.1, 0.15) is 5.52 Å². The van der Waals surface area contributed by atoms with Gasteiger partial charge in [-0.25, -0.2) is 18.5 Å². The first-order valence-electron chi connectivity index (χ1n) is 7.70. The first kappa shape index (κ1) is 15.8. The van der Waals surface area contributed by atoms with E-state index in [0.717, 1.165) is 5.52 Å². The molecule has 2 aromatic carbocycles. The molecule has 7 nitrogen and oxygen atoms in total. The fraction of sp³-hybridized carbons (Fsp3) is 0.176. The highest BCUT2D eigenvalue weighted by Gasteiger charge is 2.34. The number of benzene rings is 2. The predicted molar refractivity (Wildman–Crippen MR) is 91.5 cm³/mol. The fourth-order valence-corrected chi connectivity index (χ4v) is 3.52. The second-order valence-electron chi connectivity index (χ2n) is 5.96. The molecule has 25 heavy (non-hydrogen) atoms. The summed E-state index contributed by atoms with van der Waals surface area (Å²) in [6.07, 6.45) is 0.295. The summed E-state index contributed by atoms with van der Waals surface area (Å²) in [5.74, 6) is 0.339. The number of primary sulfonamides is 1. The summed E-state index contributed by atoms with van der Waals surface area (Å²) in [7, 11) is -3.75. The van der Waals surface area contributed by atoms with Crippen molar-refractivity contribution in [1.29, 1.82) is 0 Å². The van der Waals surface area contributed by atoms with Crippen LogP contribution >= 0.6 is 0 Å². The number of aromatic nitrogens is 1. The number of nitrogens with zero attached hydrogens (tertiary/aromatic N) is 2. The van der Waals surface area contributed by atoms with Crippen LogP contribution in [0.15, 0.2) is 57.8 Å². The SMILES string of the molecule is NS(=O)(=O)c1ccc(N2CC(c3nc4ccccc4o3)CC2=O)cc1. The zero-order valence-electron chi connectivity index (χ0n) is 13.1. The molecule has 0 aliphatic carbocycles. The summed E-state index contributed by atoms with van der Waals surface area (Å²) in [5, 5.41) is 5.09. The zero-order chi connectivity index (χ0) is 17.6. The molecule has 1 aliphatic rings. The number of hydrogen-bond acceptors (Lipinski definition) is 5. The predicted octanol–water partition coefficient (Wildman–Crippen LogP) is 2.00. The van der Waals surface area contributed by atoms with Crippen LogP contribution in [0.4, 0.5) is 5.69 Å². The van der Waals surface area contributed by atoms with Crippen LogP contribution in [0.1, 0.15) is 18.2 Å². The molecule has 1 fully saturated rings. The number of carbonyl (C=O) groups is 1. The van der Waals surface area contributed by atoms with Crippen molar-refractivity contribution in [1.82, 2.24) is 4.98 Å². The Labute approximate surface area is 144 Å². The molecule has 1 saturated heterocycles. The molecule has 1 aromatic heterocycles. The molecule has 1 unspecified atom stereocenters. The lowest BCUT2D eigenvalue weighted by atomic mass is 10.1. The highest BCUT2D eigenvalue weighted by atomic mass is 32.2. The first-order chi connectivity index (χ1) is 11.9. The Hall–Kier alpha value is -2.71. The highest BCUT2D eigenvalue weighted by Crippen LogP contribution is 2.33. The van der Waals surface area contributed by atoms with Crippen molar-refractivity contribution in [3.05, 3.63) is 54.4 Å². The van der Waals surface area contributed by atoms with Crippen LogP contribution in [0, 0.1) is 0 Å². The van der Waals surface area contributed by atoms with Crippen molar-refractivity contribution in [2.75, 3.05) is 11.4 Å². The molecule has 1 aliphatic heterocycles. The van der Waals surface area contributed by atoms with E-state index in [2.05, 4.69) is 4.98 Å². The third-order valence-electron chi connectivity index (χ3n) is 4.26. The average Bonchev–Trinajstić information content (AvgIpc) is 3.17. The molecule has 4 rings (SSSR count). The van der Waals surface area contributed by atoms with E-state index in [9.17, 15) is 13.2 Å². The second-order valence-corrected chi connectivity index (χ2v) is 7.53.